The lowest BCUT2D eigenvalue weighted by Gasteiger charge is -2.11. The maximum Gasteiger partial charge on any atom is 0.411 e. The van der Waals surface area contributed by atoms with Crippen LogP contribution in [0.15, 0.2) is 48.5 Å². The Morgan fingerprint density at radius 2 is 2.00 bits per heavy atom. The molecule has 2 rings (SSSR count). The minimum atomic E-state index is -0.479. The Kier molecular flexibility index (Phi) is 6.44. The van der Waals surface area contributed by atoms with Crippen molar-refractivity contribution in [3.8, 4) is 5.75 Å². The van der Waals surface area contributed by atoms with Crippen molar-refractivity contribution in [3.05, 3.63) is 59.7 Å². The van der Waals surface area contributed by atoms with E-state index < -0.39 is 6.09 Å². The number of anilines is 1. The lowest BCUT2D eigenvalue weighted by molar-refractivity contribution is 0.162. The predicted molar refractivity (Wildman–Crippen MR) is 90.6 cm³/mol. The summed E-state index contributed by atoms with van der Waals surface area (Å²) in [6.07, 6.45) is 0.125. The fraction of sp³-hybridized carbons (Fsp3) is 0.278. The van der Waals surface area contributed by atoms with Gasteiger partial charge in [-0.3, -0.25) is 5.32 Å². The normalized spacial score (nSPS) is 10.2. The first-order chi connectivity index (χ1) is 11.2. The number of hydrogen-bond acceptors (Lipinski definition) is 4. The Hall–Kier alpha value is -2.53. The molecule has 0 saturated carbocycles. The first-order valence-electron chi connectivity index (χ1n) is 7.66. The van der Waals surface area contributed by atoms with Crippen molar-refractivity contribution in [3.63, 3.8) is 0 Å². The van der Waals surface area contributed by atoms with Crippen LogP contribution in [0.5, 0.6) is 5.75 Å². The van der Waals surface area contributed by atoms with E-state index in [4.69, 9.17) is 15.2 Å². The van der Waals surface area contributed by atoms with Crippen molar-refractivity contribution in [1.82, 2.24) is 0 Å². The van der Waals surface area contributed by atoms with Gasteiger partial charge in [0.2, 0.25) is 0 Å². The number of para-hydroxylation sites is 1. The van der Waals surface area contributed by atoms with Crippen LogP contribution in [0.3, 0.4) is 0 Å². The number of benzene rings is 2. The molecule has 0 bridgehead atoms. The zero-order valence-corrected chi connectivity index (χ0v) is 13.2. The van der Waals surface area contributed by atoms with Gasteiger partial charge in [0.15, 0.2) is 0 Å². The van der Waals surface area contributed by atoms with E-state index in [9.17, 15) is 4.79 Å². The van der Waals surface area contributed by atoms with Crippen LogP contribution in [0, 0.1) is 0 Å². The Morgan fingerprint density at radius 1 is 1.17 bits per heavy atom. The largest absolute Gasteiger partial charge is 0.494 e. The predicted octanol–water partition coefficient (Wildman–Crippen LogP) is 3.34. The Bertz CT molecular complexity index is 644. The average Bonchev–Trinajstić information content (AvgIpc) is 2.57. The molecule has 0 aliphatic carbocycles. The van der Waals surface area contributed by atoms with Gasteiger partial charge in [0.1, 0.15) is 5.75 Å². The first-order valence-corrected chi connectivity index (χ1v) is 7.66. The van der Waals surface area contributed by atoms with Crippen LogP contribution >= 0.6 is 0 Å². The van der Waals surface area contributed by atoms with Gasteiger partial charge in [0.05, 0.1) is 13.2 Å². The molecule has 0 spiro atoms. The molecular weight excluding hydrogens is 292 g/mol. The second-order valence-corrected chi connectivity index (χ2v) is 4.96. The molecule has 0 aliphatic rings. The Labute approximate surface area is 136 Å². The summed E-state index contributed by atoms with van der Waals surface area (Å²) in [5.41, 5.74) is 8.22. The molecule has 5 nitrogen and oxygen atoms in total. The van der Waals surface area contributed by atoms with E-state index in [-0.39, 0.29) is 6.61 Å². The van der Waals surface area contributed by atoms with Crippen LogP contribution in [-0.2, 0) is 17.7 Å². The van der Waals surface area contributed by atoms with E-state index in [1.54, 1.807) is 6.07 Å². The quantitative estimate of drug-likeness (QED) is 0.822. The zero-order valence-electron chi connectivity index (χ0n) is 13.2. The highest BCUT2D eigenvalue weighted by Gasteiger charge is 2.06. The van der Waals surface area contributed by atoms with Crippen LogP contribution < -0.4 is 15.8 Å². The van der Waals surface area contributed by atoms with Crippen LogP contribution in [0.2, 0.25) is 0 Å². The van der Waals surface area contributed by atoms with Gasteiger partial charge in [0.25, 0.3) is 0 Å². The number of nitrogens with two attached hydrogens (primary N) is 1. The highest BCUT2D eigenvalue weighted by Crippen LogP contribution is 2.18. The van der Waals surface area contributed by atoms with Crippen LogP contribution in [0.25, 0.3) is 0 Å². The monoisotopic (exact) mass is 314 g/mol. The fourth-order valence-corrected chi connectivity index (χ4v) is 2.19. The molecule has 2 aromatic carbocycles. The molecule has 0 fully saturated rings. The van der Waals surface area contributed by atoms with Crippen LogP contribution in [0.1, 0.15) is 18.1 Å². The summed E-state index contributed by atoms with van der Waals surface area (Å²) in [6, 6.07) is 15.1. The summed E-state index contributed by atoms with van der Waals surface area (Å²) in [5, 5.41) is 2.69. The van der Waals surface area contributed by atoms with E-state index >= 15 is 0 Å². The van der Waals surface area contributed by atoms with Gasteiger partial charge < -0.3 is 15.2 Å². The molecule has 0 unspecified atom stereocenters. The molecule has 0 radical (unpaired) electrons. The number of nitrogens with one attached hydrogen (secondary N) is 1. The van der Waals surface area contributed by atoms with E-state index in [1.807, 2.05) is 49.4 Å². The van der Waals surface area contributed by atoms with Crippen molar-refractivity contribution in [1.29, 1.82) is 0 Å². The van der Waals surface area contributed by atoms with Gasteiger partial charge in [-0.2, -0.15) is 0 Å². The molecular formula is C18H22N2O3. The van der Waals surface area contributed by atoms with Gasteiger partial charge in [-0.05, 0) is 36.2 Å². The van der Waals surface area contributed by atoms with Gasteiger partial charge in [-0.1, -0.05) is 30.3 Å². The lowest BCUT2D eigenvalue weighted by atomic mass is 10.1. The summed E-state index contributed by atoms with van der Waals surface area (Å²) in [6.45, 7) is 3.26. The number of carbonyl (C=O) groups is 1. The Balaban J connectivity index is 1.83. The maximum absolute atomic E-state index is 11.8. The molecule has 1 amide bonds. The van der Waals surface area contributed by atoms with E-state index in [0.29, 0.717) is 25.3 Å². The molecule has 0 heterocycles. The summed E-state index contributed by atoms with van der Waals surface area (Å²) in [5.74, 6) is 0.828. The smallest absolute Gasteiger partial charge is 0.411 e. The van der Waals surface area contributed by atoms with Gasteiger partial charge in [-0.25, -0.2) is 4.79 Å². The SMILES string of the molecule is CCOc1ccccc1CCOC(=O)Nc1cccc(CN)c1. The van der Waals surface area contributed by atoms with E-state index in [0.717, 1.165) is 16.9 Å². The molecule has 5 heteroatoms. The minimum Gasteiger partial charge on any atom is -0.494 e. The molecule has 0 saturated heterocycles. The number of rotatable bonds is 7. The highest BCUT2D eigenvalue weighted by atomic mass is 16.5. The minimum absolute atomic E-state index is 0.284. The summed E-state index contributed by atoms with van der Waals surface area (Å²) >= 11 is 0. The van der Waals surface area contributed by atoms with Crippen molar-refractivity contribution >= 4 is 11.8 Å². The molecule has 0 aliphatic heterocycles. The Morgan fingerprint density at radius 3 is 2.78 bits per heavy atom. The third-order valence-electron chi connectivity index (χ3n) is 3.29. The van der Waals surface area contributed by atoms with Crippen molar-refractivity contribution < 1.29 is 14.3 Å². The van der Waals surface area contributed by atoms with Crippen LogP contribution in [0.4, 0.5) is 10.5 Å². The van der Waals surface area contributed by atoms with Gasteiger partial charge in [0, 0.05) is 18.7 Å². The topological polar surface area (TPSA) is 73.6 Å². The molecule has 0 atom stereocenters. The summed E-state index contributed by atoms with van der Waals surface area (Å²) < 4.78 is 10.8. The van der Waals surface area contributed by atoms with E-state index in [2.05, 4.69) is 5.32 Å². The van der Waals surface area contributed by atoms with Gasteiger partial charge >= 0.3 is 6.09 Å². The second kappa shape index (κ2) is 8.80. The highest BCUT2D eigenvalue weighted by molar-refractivity contribution is 5.84. The molecule has 3 N–H and O–H groups in total. The maximum atomic E-state index is 11.8. The van der Waals surface area contributed by atoms with E-state index in [1.165, 1.54) is 0 Å². The zero-order chi connectivity index (χ0) is 16.5. The molecule has 122 valence electrons. The van der Waals surface area contributed by atoms with Crippen molar-refractivity contribution in [2.24, 2.45) is 5.73 Å². The first kappa shape index (κ1) is 16.8. The van der Waals surface area contributed by atoms with Crippen molar-refractivity contribution in [2.45, 2.75) is 19.9 Å². The third kappa shape index (κ3) is 5.30. The number of ether oxygens (including phenoxy) is 2. The summed E-state index contributed by atoms with van der Waals surface area (Å²) in [4.78, 5) is 11.8. The van der Waals surface area contributed by atoms with Gasteiger partial charge in [-0.15, -0.1) is 0 Å². The number of carbonyl (C=O) groups excluding carboxylic acids is 1. The standard InChI is InChI=1S/C18H22N2O3/c1-2-22-17-9-4-3-7-15(17)10-11-23-18(21)20-16-8-5-6-14(12-16)13-19/h3-9,12H,2,10-11,13,19H2,1H3,(H,20,21). The second-order valence-electron chi connectivity index (χ2n) is 4.96. The molecule has 23 heavy (non-hydrogen) atoms. The third-order valence-corrected chi connectivity index (χ3v) is 3.29. The van der Waals surface area contributed by atoms with Crippen LogP contribution in [-0.4, -0.2) is 19.3 Å². The molecule has 0 aromatic heterocycles. The van der Waals surface area contributed by atoms with Crippen molar-refractivity contribution in [2.75, 3.05) is 18.5 Å². The number of hydrogen-bond donors (Lipinski definition) is 2. The fourth-order valence-electron chi connectivity index (χ4n) is 2.19. The average molecular weight is 314 g/mol. The molecule has 2 aromatic rings. The lowest BCUT2D eigenvalue weighted by Crippen LogP contribution is -2.15. The summed E-state index contributed by atoms with van der Waals surface area (Å²) in [7, 11) is 0. The number of amides is 1.